The molecule has 116 valence electrons. The minimum Gasteiger partial charge on any atom is -0.373 e. The third kappa shape index (κ3) is 2.62. The molecular weight excluding hydrogens is 320 g/mol. The summed E-state index contributed by atoms with van der Waals surface area (Å²) in [6.07, 6.45) is 2.43. The topological polar surface area (TPSA) is 137 Å². The maximum Gasteiger partial charge on any atom is 0.306 e. The number of nitrogens with zero attached hydrogens (tertiary/aromatic N) is 1. The first-order valence-corrected chi connectivity index (χ1v) is 8.63. The number of rotatable bonds is 5. The van der Waals surface area contributed by atoms with Crippen LogP contribution >= 0.6 is 11.3 Å². The highest BCUT2D eigenvalue weighted by molar-refractivity contribution is 7.91. The minimum absolute atomic E-state index is 0.00423. The molecule has 0 spiro atoms. The average molecular weight is 334 g/mol. The lowest BCUT2D eigenvalue weighted by Gasteiger charge is -2.19. The number of ether oxygens (including phenoxy) is 1. The highest BCUT2D eigenvalue weighted by Crippen LogP contribution is 2.38. The molecule has 0 radical (unpaired) electrons. The van der Waals surface area contributed by atoms with Crippen molar-refractivity contribution in [2.75, 3.05) is 5.43 Å². The van der Waals surface area contributed by atoms with Gasteiger partial charge in [0, 0.05) is 6.07 Å². The summed E-state index contributed by atoms with van der Waals surface area (Å²) in [7, 11) is -3.82. The van der Waals surface area contributed by atoms with Crippen molar-refractivity contribution in [2.24, 2.45) is 5.84 Å². The Labute approximate surface area is 124 Å². The molecule has 4 N–H and O–H groups in total. The summed E-state index contributed by atoms with van der Waals surface area (Å²) in [4.78, 5) is 10.2. The third-order valence-corrected chi connectivity index (χ3v) is 6.71. The fourth-order valence-electron chi connectivity index (χ4n) is 2.75. The van der Waals surface area contributed by atoms with Gasteiger partial charge in [-0.05, 0) is 19.3 Å². The van der Waals surface area contributed by atoms with E-state index in [0.29, 0.717) is 6.42 Å². The van der Waals surface area contributed by atoms with Crippen molar-refractivity contribution in [3.8, 4) is 0 Å². The molecule has 2 fully saturated rings. The second-order valence-electron chi connectivity index (χ2n) is 5.02. The molecule has 1 aromatic rings. The highest BCUT2D eigenvalue weighted by atomic mass is 32.2. The Bertz CT molecular complexity index is 673. The van der Waals surface area contributed by atoms with Gasteiger partial charge in [-0.2, -0.15) is 0 Å². The molecule has 2 aliphatic heterocycles. The number of hydrogen-bond acceptors (Lipinski definition) is 8. The Balaban J connectivity index is 1.83. The molecular formula is C10H14N4O5S2. The number of hydrogen-bond donors (Lipinski definition) is 3. The van der Waals surface area contributed by atoms with Gasteiger partial charge in [0.25, 0.3) is 10.0 Å². The van der Waals surface area contributed by atoms with Crippen LogP contribution in [0.4, 0.5) is 10.7 Å². The molecule has 0 saturated carbocycles. The zero-order valence-electron chi connectivity index (χ0n) is 10.8. The van der Waals surface area contributed by atoms with Crippen LogP contribution in [0.1, 0.15) is 19.3 Å². The number of sulfonamides is 1. The molecule has 9 nitrogen and oxygen atoms in total. The number of nitro groups is 1. The highest BCUT2D eigenvalue weighted by Gasteiger charge is 2.43. The molecule has 0 aliphatic carbocycles. The first kappa shape index (κ1) is 14.7. The smallest absolute Gasteiger partial charge is 0.306 e. The van der Waals surface area contributed by atoms with Crippen molar-refractivity contribution in [1.82, 2.24) is 4.72 Å². The number of anilines is 1. The maximum atomic E-state index is 12.3. The molecule has 3 unspecified atom stereocenters. The van der Waals surface area contributed by atoms with Crippen LogP contribution in [0.2, 0.25) is 0 Å². The molecule has 3 rings (SSSR count). The zero-order chi connectivity index (χ0) is 15.2. The summed E-state index contributed by atoms with van der Waals surface area (Å²) in [6.45, 7) is 0. The van der Waals surface area contributed by atoms with E-state index in [9.17, 15) is 18.5 Å². The van der Waals surface area contributed by atoms with Gasteiger partial charge in [0.1, 0.15) is 4.21 Å². The van der Waals surface area contributed by atoms with Crippen LogP contribution in [-0.2, 0) is 14.8 Å². The van der Waals surface area contributed by atoms with Crippen LogP contribution in [0.15, 0.2) is 10.3 Å². The van der Waals surface area contributed by atoms with E-state index in [-0.39, 0.29) is 33.1 Å². The van der Waals surface area contributed by atoms with E-state index in [1.54, 1.807) is 0 Å². The summed E-state index contributed by atoms with van der Waals surface area (Å²) in [6, 6.07) is 0.736. The summed E-state index contributed by atoms with van der Waals surface area (Å²) in [5.41, 5.74) is 1.80. The second kappa shape index (κ2) is 5.18. The lowest BCUT2D eigenvalue weighted by molar-refractivity contribution is -0.383. The second-order valence-corrected chi connectivity index (χ2v) is 8.01. The van der Waals surface area contributed by atoms with Crippen molar-refractivity contribution in [3.05, 3.63) is 16.2 Å². The Morgan fingerprint density at radius 3 is 2.71 bits per heavy atom. The van der Waals surface area contributed by atoms with Gasteiger partial charge in [0.05, 0.1) is 23.2 Å². The quantitative estimate of drug-likeness (QED) is 0.406. The fraction of sp³-hybridized carbons (Fsp3) is 0.600. The lowest BCUT2D eigenvalue weighted by Crippen LogP contribution is -2.41. The van der Waals surface area contributed by atoms with Gasteiger partial charge in [-0.1, -0.05) is 11.3 Å². The zero-order valence-corrected chi connectivity index (χ0v) is 12.4. The molecule has 21 heavy (non-hydrogen) atoms. The Morgan fingerprint density at radius 2 is 2.24 bits per heavy atom. The van der Waals surface area contributed by atoms with Crippen LogP contribution in [0.25, 0.3) is 0 Å². The van der Waals surface area contributed by atoms with Gasteiger partial charge >= 0.3 is 5.69 Å². The number of thiophene rings is 1. The largest absolute Gasteiger partial charge is 0.373 e. The molecule has 1 aromatic heterocycles. The molecule has 2 saturated heterocycles. The van der Waals surface area contributed by atoms with Crippen LogP contribution < -0.4 is 16.0 Å². The van der Waals surface area contributed by atoms with Crippen molar-refractivity contribution in [1.29, 1.82) is 0 Å². The van der Waals surface area contributed by atoms with Crippen molar-refractivity contribution >= 4 is 32.0 Å². The first-order valence-electron chi connectivity index (χ1n) is 6.33. The minimum atomic E-state index is -3.82. The van der Waals surface area contributed by atoms with Crippen molar-refractivity contribution in [2.45, 2.75) is 41.7 Å². The van der Waals surface area contributed by atoms with E-state index in [2.05, 4.69) is 10.1 Å². The predicted molar refractivity (Wildman–Crippen MR) is 75.4 cm³/mol. The summed E-state index contributed by atoms with van der Waals surface area (Å²) in [5.74, 6) is 5.18. The molecule has 3 atom stereocenters. The lowest BCUT2D eigenvalue weighted by atomic mass is 9.96. The van der Waals surface area contributed by atoms with Crippen LogP contribution in [0.5, 0.6) is 0 Å². The van der Waals surface area contributed by atoms with E-state index < -0.39 is 14.9 Å². The van der Waals surface area contributed by atoms with Gasteiger partial charge in [-0.25, -0.2) is 19.0 Å². The Hall–Kier alpha value is -1.27. The van der Waals surface area contributed by atoms with E-state index >= 15 is 0 Å². The molecule has 3 heterocycles. The van der Waals surface area contributed by atoms with Gasteiger partial charge in [0.2, 0.25) is 0 Å². The number of hydrazine groups is 1. The predicted octanol–water partition coefficient (Wildman–Crippen LogP) is 0.540. The number of fused-ring (bicyclic) bond motifs is 2. The molecule has 11 heteroatoms. The van der Waals surface area contributed by atoms with Crippen molar-refractivity contribution < 1.29 is 18.1 Å². The normalized spacial score (nSPS) is 28.0. The van der Waals surface area contributed by atoms with Crippen molar-refractivity contribution in [3.63, 3.8) is 0 Å². The average Bonchev–Trinajstić information content (AvgIpc) is 3.12. The standard InChI is InChI=1S/C10H14N4O5S2/c11-12-10-7(14(15)16)4-9(20-10)21(17,18)13-6-3-5-1-2-8(6)19-5/h4-6,8,12-13H,1-3,11H2. The fourth-order valence-corrected chi connectivity index (χ4v) is 5.28. The summed E-state index contributed by atoms with van der Waals surface area (Å²) in [5, 5.41) is 10.9. The molecule has 2 bridgehead atoms. The third-order valence-electron chi connectivity index (χ3n) is 3.70. The van der Waals surface area contributed by atoms with E-state index in [1.807, 2.05) is 0 Å². The van der Waals surface area contributed by atoms with E-state index in [4.69, 9.17) is 10.6 Å². The van der Waals surface area contributed by atoms with Gasteiger partial charge in [0.15, 0.2) is 5.00 Å². The molecule has 0 aromatic carbocycles. The molecule has 0 amide bonds. The maximum absolute atomic E-state index is 12.3. The van der Waals surface area contributed by atoms with Gasteiger partial charge in [-0.15, -0.1) is 0 Å². The van der Waals surface area contributed by atoms with Gasteiger partial charge < -0.3 is 10.2 Å². The summed E-state index contributed by atoms with van der Waals surface area (Å²) >= 11 is 0.729. The van der Waals surface area contributed by atoms with Crippen LogP contribution in [0.3, 0.4) is 0 Å². The summed E-state index contributed by atoms with van der Waals surface area (Å²) < 4.78 is 32.7. The Morgan fingerprint density at radius 1 is 1.48 bits per heavy atom. The monoisotopic (exact) mass is 334 g/mol. The number of nitrogens with one attached hydrogen (secondary N) is 2. The molecule has 2 aliphatic rings. The van der Waals surface area contributed by atoms with Gasteiger partial charge in [-0.3, -0.25) is 10.1 Å². The number of nitrogens with two attached hydrogens (primary N) is 1. The Kier molecular flexibility index (Phi) is 3.61. The first-order chi connectivity index (χ1) is 9.90. The SMILES string of the molecule is NNc1sc(S(=O)(=O)NC2CC3CCC2O3)cc1[N+](=O)[O-]. The van der Waals surface area contributed by atoms with Crippen LogP contribution in [0, 0.1) is 10.1 Å². The van der Waals surface area contributed by atoms with E-state index in [1.165, 1.54) is 0 Å². The number of nitrogen functional groups attached to an aromatic ring is 1. The van der Waals surface area contributed by atoms with E-state index in [0.717, 1.165) is 30.2 Å². The van der Waals surface area contributed by atoms with Crippen LogP contribution in [-0.4, -0.2) is 31.6 Å².